The number of aliphatic hydroxyl groups is 3. The molecule has 0 spiro atoms. The summed E-state index contributed by atoms with van der Waals surface area (Å²) in [5.74, 6) is -7.48. The van der Waals surface area contributed by atoms with Crippen molar-refractivity contribution in [2.45, 2.75) is 24.5 Å². The van der Waals surface area contributed by atoms with Gasteiger partial charge in [0.2, 0.25) is 11.7 Å². The number of ketones is 2. The minimum absolute atomic E-state index is 0.00992. The van der Waals surface area contributed by atoms with Gasteiger partial charge in [-0.05, 0) is 44.5 Å². The van der Waals surface area contributed by atoms with Gasteiger partial charge in [-0.25, -0.2) is 0 Å². The Balaban J connectivity index is 1.78. The molecule has 0 aliphatic heterocycles. The molecular formula is C26H30N4O8. The molecule has 12 nitrogen and oxygen atoms in total. The summed E-state index contributed by atoms with van der Waals surface area (Å²) in [6.45, 7) is 3.57. The van der Waals surface area contributed by atoms with Gasteiger partial charge in [-0.1, -0.05) is 12.1 Å². The second kappa shape index (κ2) is 9.62. The molecule has 4 rings (SSSR count). The van der Waals surface area contributed by atoms with E-state index < -0.39 is 63.8 Å². The molecule has 1 aromatic carbocycles. The number of aromatic hydroxyl groups is 1. The van der Waals surface area contributed by atoms with Gasteiger partial charge in [0.1, 0.15) is 22.8 Å². The number of carbonyl (C=O) groups excluding carboxylic acids is 4. The SMILES string of the molecule is C=CCNC(=O)CNc1ccc2c(c1O)C(=O)C1=C(O)[C@@]3(O)C(=O)C(C(N)=O)=C(O)[C@@H](N(C)C)[C@H]3C[C@H]1C2. The summed E-state index contributed by atoms with van der Waals surface area (Å²) in [7, 11) is 3.13. The van der Waals surface area contributed by atoms with Crippen molar-refractivity contribution in [2.24, 2.45) is 17.6 Å². The van der Waals surface area contributed by atoms with Crippen molar-refractivity contribution in [2.75, 3.05) is 32.5 Å². The number of benzene rings is 1. The van der Waals surface area contributed by atoms with Crippen molar-refractivity contribution in [3.63, 3.8) is 0 Å². The van der Waals surface area contributed by atoms with Crippen LogP contribution in [0.1, 0.15) is 22.3 Å². The number of nitrogens with two attached hydrogens (primary N) is 1. The van der Waals surface area contributed by atoms with Crippen LogP contribution in [0, 0.1) is 11.8 Å². The first-order valence-corrected chi connectivity index (χ1v) is 12.0. The highest BCUT2D eigenvalue weighted by Gasteiger charge is 2.63. The van der Waals surface area contributed by atoms with E-state index in [0.29, 0.717) is 5.56 Å². The van der Waals surface area contributed by atoms with Crippen LogP contribution in [0.15, 0.2) is 47.5 Å². The molecule has 0 saturated carbocycles. The van der Waals surface area contributed by atoms with E-state index in [9.17, 15) is 39.6 Å². The number of carbonyl (C=O) groups is 4. The zero-order valence-corrected chi connectivity index (χ0v) is 20.9. The van der Waals surface area contributed by atoms with Gasteiger partial charge in [0.25, 0.3) is 5.91 Å². The lowest BCUT2D eigenvalue weighted by molar-refractivity contribution is -0.148. The molecule has 8 N–H and O–H groups in total. The molecule has 38 heavy (non-hydrogen) atoms. The number of Topliss-reactive ketones (excluding diaryl/α,β-unsaturated/α-hetero) is 2. The van der Waals surface area contributed by atoms with Crippen LogP contribution >= 0.6 is 0 Å². The monoisotopic (exact) mass is 526 g/mol. The average Bonchev–Trinajstić information content (AvgIpc) is 2.84. The predicted octanol–water partition coefficient (Wildman–Crippen LogP) is -0.165. The molecule has 0 heterocycles. The van der Waals surface area contributed by atoms with E-state index in [1.807, 2.05) is 0 Å². The van der Waals surface area contributed by atoms with Crippen LogP contribution in [-0.4, -0.2) is 87.5 Å². The Hall–Kier alpha value is -4.16. The molecule has 3 aliphatic rings. The van der Waals surface area contributed by atoms with E-state index in [1.165, 1.54) is 17.0 Å². The summed E-state index contributed by atoms with van der Waals surface area (Å²) >= 11 is 0. The number of phenols is 1. The number of aliphatic hydroxyl groups excluding tert-OH is 2. The summed E-state index contributed by atoms with van der Waals surface area (Å²) < 4.78 is 0. The van der Waals surface area contributed by atoms with Gasteiger partial charge in [0.15, 0.2) is 11.4 Å². The molecule has 0 radical (unpaired) electrons. The summed E-state index contributed by atoms with van der Waals surface area (Å²) in [4.78, 5) is 52.4. The maximum Gasteiger partial charge on any atom is 0.255 e. The molecule has 4 atom stereocenters. The maximum atomic E-state index is 13.7. The number of phenolic OH excluding ortho intramolecular Hbond substituents is 1. The first-order chi connectivity index (χ1) is 17.9. The minimum Gasteiger partial charge on any atom is -0.510 e. The van der Waals surface area contributed by atoms with Gasteiger partial charge in [-0.15, -0.1) is 6.58 Å². The van der Waals surface area contributed by atoms with Crippen molar-refractivity contribution in [1.82, 2.24) is 10.2 Å². The number of hydrogen-bond acceptors (Lipinski definition) is 10. The number of rotatable bonds is 7. The summed E-state index contributed by atoms with van der Waals surface area (Å²) in [5, 5.41) is 49.9. The van der Waals surface area contributed by atoms with E-state index in [0.717, 1.165) is 0 Å². The number of nitrogens with one attached hydrogen (secondary N) is 2. The topological polar surface area (TPSA) is 203 Å². The van der Waals surface area contributed by atoms with Crippen LogP contribution in [0.4, 0.5) is 5.69 Å². The highest BCUT2D eigenvalue weighted by Crippen LogP contribution is 2.52. The fourth-order valence-corrected chi connectivity index (χ4v) is 5.79. The molecule has 3 aliphatic carbocycles. The quantitative estimate of drug-likeness (QED) is 0.142. The Morgan fingerprint density at radius 2 is 1.92 bits per heavy atom. The van der Waals surface area contributed by atoms with Crippen LogP contribution in [0.2, 0.25) is 0 Å². The lowest BCUT2D eigenvalue weighted by Crippen LogP contribution is -2.63. The Morgan fingerprint density at radius 3 is 2.53 bits per heavy atom. The van der Waals surface area contributed by atoms with Gasteiger partial charge >= 0.3 is 0 Å². The fraction of sp³-hybridized carbons (Fsp3) is 0.385. The van der Waals surface area contributed by atoms with Crippen LogP contribution in [0.3, 0.4) is 0 Å². The smallest absolute Gasteiger partial charge is 0.255 e. The third-order valence-corrected chi connectivity index (χ3v) is 7.48. The number of allylic oxidation sites excluding steroid dienone is 1. The molecule has 0 aromatic heterocycles. The molecule has 0 fully saturated rings. The Bertz CT molecular complexity index is 1330. The van der Waals surface area contributed by atoms with Gasteiger partial charge in [0.05, 0.1) is 23.8 Å². The maximum absolute atomic E-state index is 13.7. The third-order valence-electron chi connectivity index (χ3n) is 7.48. The fourth-order valence-electron chi connectivity index (χ4n) is 5.79. The second-order valence-electron chi connectivity index (χ2n) is 9.91. The van der Waals surface area contributed by atoms with Crippen molar-refractivity contribution in [3.8, 4) is 5.75 Å². The van der Waals surface area contributed by atoms with Crippen molar-refractivity contribution < 1.29 is 39.6 Å². The molecule has 0 bridgehead atoms. The van der Waals surface area contributed by atoms with E-state index in [-0.39, 0.29) is 48.7 Å². The first kappa shape index (κ1) is 26.9. The average molecular weight is 527 g/mol. The van der Waals surface area contributed by atoms with Crippen molar-refractivity contribution >= 4 is 29.1 Å². The number of primary amides is 1. The molecule has 202 valence electrons. The molecule has 12 heteroatoms. The molecule has 2 amide bonds. The third kappa shape index (κ3) is 3.92. The molecule has 0 unspecified atom stereocenters. The van der Waals surface area contributed by atoms with Crippen LogP contribution in [0.5, 0.6) is 5.75 Å². The van der Waals surface area contributed by atoms with Gasteiger partial charge in [0, 0.05) is 18.0 Å². The van der Waals surface area contributed by atoms with Gasteiger partial charge < -0.3 is 36.8 Å². The summed E-state index contributed by atoms with van der Waals surface area (Å²) in [5.41, 5.74) is 1.96. The number of amides is 2. The van der Waals surface area contributed by atoms with E-state index in [2.05, 4.69) is 17.2 Å². The van der Waals surface area contributed by atoms with Crippen LogP contribution in [-0.2, 0) is 20.8 Å². The highest BCUT2D eigenvalue weighted by molar-refractivity contribution is 6.24. The normalized spacial score (nSPS) is 26.5. The number of hydrogen-bond donors (Lipinski definition) is 7. The lowest BCUT2D eigenvalue weighted by Gasteiger charge is -2.50. The zero-order chi connectivity index (χ0) is 28.1. The summed E-state index contributed by atoms with van der Waals surface area (Å²) in [6, 6.07) is 2.09. The highest BCUT2D eigenvalue weighted by atomic mass is 16.3. The Labute approximate surface area is 218 Å². The molecule has 1 aromatic rings. The number of anilines is 1. The van der Waals surface area contributed by atoms with Crippen LogP contribution in [0.25, 0.3) is 0 Å². The van der Waals surface area contributed by atoms with E-state index >= 15 is 0 Å². The Morgan fingerprint density at radius 1 is 1.24 bits per heavy atom. The Kier molecular flexibility index (Phi) is 6.80. The van der Waals surface area contributed by atoms with E-state index in [1.54, 1.807) is 20.2 Å². The van der Waals surface area contributed by atoms with Crippen molar-refractivity contribution in [1.29, 1.82) is 0 Å². The zero-order valence-electron chi connectivity index (χ0n) is 20.9. The van der Waals surface area contributed by atoms with Gasteiger partial charge in [-0.2, -0.15) is 0 Å². The van der Waals surface area contributed by atoms with Gasteiger partial charge in [-0.3, -0.25) is 24.1 Å². The van der Waals surface area contributed by atoms with Crippen molar-refractivity contribution in [3.05, 3.63) is 58.6 Å². The number of likely N-dealkylation sites (N-methyl/N-ethyl adjacent to an activating group) is 1. The number of fused-ring (bicyclic) bond motifs is 3. The van der Waals surface area contributed by atoms with Crippen LogP contribution < -0.4 is 16.4 Å². The first-order valence-electron chi connectivity index (χ1n) is 12.0. The largest absolute Gasteiger partial charge is 0.510 e. The summed E-state index contributed by atoms with van der Waals surface area (Å²) in [6.07, 6.45) is 1.70. The lowest BCUT2D eigenvalue weighted by atomic mass is 9.58. The van der Waals surface area contributed by atoms with E-state index in [4.69, 9.17) is 5.73 Å². The molecular weight excluding hydrogens is 496 g/mol. The predicted molar refractivity (Wildman–Crippen MR) is 135 cm³/mol. The standard InChI is InChI=1S/C26H30N4O8/c1-4-7-28-15(31)10-29-14-6-5-11-8-12-9-13-19(30(2)3)22(34)18(25(27)37)24(36)26(13,38)23(35)17(12)21(33)16(11)20(14)32/h4-6,12-13,19,29,32,34-35,38H,1,7-10H2,2-3H3,(H2,27,37)(H,28,31)/t12-,13-,19+,26-/m1/s1. The second-order valence-corrected chi connectivity index (χ2v) is 9.91. The molecule has 0 saturated heterocycles. The number of nitrogens with zero attached hydrogens (tertiary/aromatic N) is 1. The minimum atomic E-state index is -2.70.